The zero-order valence-electron chi connectivity index (χ0n) is 14.6. The molecule has 0 spiro atoms. The Kier molecular flexibility index (Phi) is 6.47. The van der Waals surface area contributed by atoms with Crippen molar-refractivity contribution in [2.24, 2.45) is 0 Å². The summed E-state index contributed by atoms with van der Waals surface area (Å²) in [4.78, 5) is 25.4. The lowest BCUT2D eigenvalue weighted by atomic mass is 9.87. The number of benzene rings is 1. The molecule has 1 aromatic carbocycles. The smallest absolute Gasteiger partial charge is 0.220 e. The topological polar surface area (TPSA) is 58.6 Å². The van der Waals surface area contributed by atoms with Crippen molar-refractivity contribution < 1.29 is 23.1 Å². The van der Waals surface area contributed by atoms with Crippen LogP contribution in [-0.4, -0.2) is 42.5 Å². The van der Waals surface area contributed by atoms with Crippen molar-refractivity contribution in [3.05, 3.63) is 35.4 Å². The molecule has 2 rings (SSSR count). The fraction of sp³-hybridized carbons (Fsp3) is 0.556. The zero-order chi connectivity index (χ0) is 18.4. The Morgan fingerprint density at radius 3 is 2.80 bits per heavy atom. The van der Waals surface area contributed by atoms with Crippen LogP contribution < -0.4 is 5.32 Å². The molecule has 0 unspecified atom stereocenters. The molecular formula is C18H24F2N2O3. The minimum atomic E-state index is -0.944. The summed E-state index contributed by atoms with van der Waals surface area (Å²) in [6.07, 6.45) is 2.25. The SMILES string of the molecule is CO[C@]1(CCC(=O)NCc2cccc(F)c2F)CCCN(C(C)=O)C1. The standard InChI is InChI=1S/C18H24F2N2O3/c1-13(23)22-10-4-8-18(12-22,25-2)9-7-16(24)21-11-14-5-3-6-15(19)17(14)20/h3,5-6H,4,7-12H2,1-2H3,(H,21,24)/t18-/m0/s1. The van der Waals surface area contributed by atoms with Gasteiger partial charge >= 0.3 is 0 Å². The molecule has 7 heteroatoms. The number of halogens is 2. The molecule has 25 heavy (non-hydrogen) atoms. The third-order valence-corrected chi connectivity index (χ3v) is 4.73. The summed E-state index contributed by atoms with van der Waals surface area (Å²) in [7, 11) is 1.59. The van der Waals surface area contributed by atoms with Crippen molar-refractivity contribution in [1.29, 1.82) is 0 Å². The van der Waals surface area contributed by atoms with Crippen molar-refractivity contribution in [3.63, 3.8) is 0 Å². The minimum absolute atomic E-state index is 0.00726. The fourth-order valence-corrected chi connectivity index (χ4v) is 3.15. The molecule has 1 heterocycles. The fourth-order valence-electron chi connectivity index (χ4n) is 3.15. The van der Waals surface area contributed by atoms with Gasteiger partial charge in [-0.15, -0.1) is 0 Å². The maximum absolute atomic E-state index is 13.6. The number of methoxy groups -OCH3 is 1. The van der Waals surface area contributed by atoms with Crippen molar-refractivity contribution in [2.75, 3.05) is 20.2 Å². The van der Waals surface area contributed by atoms with Crippen LogP contribution in [0.2, 0.25) is 0 Å². The highest BCUT2D eigenvalue weighted by Gasteiger charge is 2.36. The van der Waals surface area contributed by atoms with Crippen LogP contribution in [0, 0.1) is 11.6 Å². The van der Waals surface area contributed by atoms with E-state index in [2.05, 4.69) is 5.32 Å². The van der Waals surface area contributed by atoms with Gasteiger partial charge < -0.3 is 15.0 Å². The van der Waals surface area contributed by atoms with Crippen LogP contribution in [0.1, 0.15) is 38.2 Å². The van der Waals surface area contributed by atoms with Gasteiger partial charge in [0.1, 0.15) is 0 Å². The molecule has 0 bridgehead atoms. The van der Waals surface area contributed by atoms with E-state index >= 15 is 0 Å². The summed E-state index contributed by atoms with van der Waals surface area (Å²) in [6, 6.07) is 3.87. The van der Waals surface area contributed by atoms with Gasteiger partial charge in [0, 0.05) is 45.7 Å². The van der Waals surface area contributed by atoms with E-state index in [1.807, 2.05) is 0 Å². The summed E-state index contributed by atoms with van der Waals surface area (Å²) in [5.41, 5.74) is -0.430. The second-order valence-corrected chi connectivity index (χ2v) is 6.42. The van der Waals surface area contributed by atoms with Crippen LogP contribution >= 0.6 is 0 Å². The van der Waals surface area contributed by atoms with E-state index in [1.165, 1.54) is 19.1 Å². The first-order chi connectivity index (χ1) is 11.9. The van der Waals surface area contributed by atoms with Crippen molar-refractivity contribution in [2.45, 2.75) is 44.8 Å². The first-order valence-corrected chi connectivity index (χ1v) is 8.37. The average Bonchev–Trinajstić information content (AvgIpc) is 2.61. The Morgan fingerprint density at radius 2 is 2.12 bits per heavy atom. The monoisotopic (exact) mass is 354 g/mol. The van der Waals surface area contributed by atoms with Gasteiger partial charge in [-0.2, -0.15) is 0 Å². The lowest BCUT2D eigenvalue weighted by Gasteiger charge is -2.41. The number of carbonyl (C=O) groups is 2. The molecule has 1 aromatic rings. The van der Waals surface area contributed by atoms with Crippen molar-refractivity contribution in [3.8, 4) is 0 Å². The van der Waals surface area contributed by atoms with Gasteiger partial charge in [0.15, 0.2) is 11.6 Å². The Labute approximate surface area is 146 Å². The average molecular weight is 354 g/mol. The third kappa shape index (κ3) is 4.98. The quantitative estimate of drug-likeness (QED) is 0.853. The van der Waals surface area contributed by atoms with E-state index in [1.54, 1.807) is 12.0 Å². The molecule has 138 valence electrons. The number of nitrogens with zero attached hydrogens (tertiary/aromatic N) is 1. The number of ether oxygens (including phenoxy) is 1. The number of nitrogens with one attached hydrogen (secondary N) is 1. The van der Waals surface area contributed by atoms with E-state index in [0.717, 1.165) is 18.9 Å². The van der Waals surface area contributed by atoms with Crippen LogP contribution in [0.25, 0.3) is 0 Å². The molecule has 1 atom stereocenters. The van der Waals surface area contributed by atoms with Gasteiger partial charge in [-0.3, -0.25) is 9.59 Å². The van der Waals surface area contributed by atoms with E-state index < -0.39 is 17.2 Å². The van der Waals surface area contributed by atoms with E-state index in [4.69, 9.17) is 4.74 Å². The summed E-state index contributed by atoms with van der Waals surface area (Å²) in [5.74, 6) is -2.15. The Balaban J connectivity index is 1.87. The van der Waals surface area contributed by atoms with E-state index in [-0.39, 0.29) is 30.3 Å². The molecule has 0 aromatic heterocycles. The summed E-state index contributed by atoms with van der Waals surface area (Å²) < 4.78 is 32.4. The van der Waals surface area contributed by atoms with Crippen LogP contribution in [0.15, 0.2) is 18.2 Å². The van der Waals surface area contributed by atoms with Gasteiger partial charge in [0.2, 0.25) is 11.8 Å². The molecular weight excluding hydrogens is 330 g/mol. The molecule has 1 fully saturated rings. The second kappa shape index (κ2) is 8.38. The van der Waals surface area contributed by atoms with Crippen LogP contribution in [0.4, 0.5) is 8.78 Å². The zero-order valence-corrected chi connectivity index (χ0v) is 14.6. The molecule has 2 amide bonds. The Hall–Kier alpha value is -2.02. The van der Waals surface area contributed by atoms with E-state index in [0.29, 0.717) is 19.5 Å². The number of piperidine rings is 1. The Bertz CT molecular complexity index is 639. The number of hydrogen-bond donors (Lipinski definition) is 1. The molecule has 0 radical (unpaired) electrons. The lowest BCUT2D eigenvalue weighted by molar-refractivity contribution is -0.139. The van der Waals surface area contributed by atoms with Crippen LogP contribution in [0.3, 0.4) is 0 Å². The van der Waals surface area contributed by atoms with Gasteiger partial charge in [-0.05, 0) is 25.3 Å². The number of hydrogen-bond acceptors (Lipinski definition) is 3. The maximum atomic E-state index is 13.6. The Morgan fingerprint density at radius 1 is 1.36 bits per heavy atom. The molecule has 1 saturated heterocycles. The summed E-state index contributed by atoms with van der Waals surface area (Å²) in [6.45, 7) is 2.62. The predicted molar refractivity (Wildman–Crippen MR) is 88.7 cm³/mol. The number of carbonyl (C=O) groups excluding carboxylic acids is 2. The minimum Gasteiger partial charge on any atom is -0.376 e. The normalized spacial score (nSPS) is 20.4. The highest BCUT2D eigenvalue weighted by atomic mass is 19.2. The highest BCUT2D eigenvalue weighted by molar-refractivity contribution is 5.76. The summed E-state index contributed by atoms with van der Waals surface area (Å²) in [5, 5.41) is 2.60. The number of rotatable bonds is 6. The molecule has 0 saturated carbocycles. The first-order valence-electron chi connectivity index (χ1n) is 8.37. The number of likely N-dealkylation sites (tertiary alicyclic amines) is 1. The lowest BCUT2D eigenvalue weighted by Crippen LogP contribution is -2.51. The number of amides is 2. The predicted octanol–water partition coefficient (Wildman–Crippen LogP) is 2.39. The summed E-state index contributed by atoms with van der Waals surface area (Å²) >= 11 is 0. The van der Waals surface area contributed by atoms with Crippen molar-refractivity contribution in [1.82, 2.24) is 10.2 Å². The molecule has 1 aliphatic heterocycles. The van der Waals surface area contributed by atoms with Crippen LogP contribution in [0.5, 0.6) is 0 Å². The highest BCUT2D eigenvalue weighted by Crippen LogP contribution is 2.29. The molecule has 1 N–H and O–H groups in total. The third-order valence-electron chi connectivity index (χ3n) is 4.73. The van der Waals surface area contributed by atoms with Gasteiger partial charge in [-0.25, -0.2) is 8.78 Å². The molecule has 0 aliphatic carbocycles. The molecule has 5 nitrogen and oxygen atoms in total. The van der Waals surface area contributed by atoms with Gasteiger partial charge in [0.05, 0.1) is 5.60 Å². The van der Waals surface area contributed by atoms with Gasteiger partial charge in [-0.1, -0.05) is 12.1 Å². The van der Waals surface area contributed by atoms with E-state index in [9.17, 15) is 18.4 Å². The van der Waals surface area contributed by atoms with Crippen LogP contribution in [-0.2, 0) is 20.9 Å². The maximum Gasteiger partial charge on any atom is 0.220 e. The first kappa shape index (κ1) is 19.3. The molecule has 1 aliphatic rings. The van der Waals surface area contributed by atoms with Crippen molar-refractivity contribution >= 4 is 11.8 Å². The second-order valence-electron chi connectivity index (χ2n) is 6.42. The largest absolute Gasteiger partial charge is 0.376 e. The van der Waals surface area contributed by atoms with Gasteiger partial charge in [0.25, 0.3) is 0 Å².